The minimum absolute atomic E-state index is 0.204. The van der Waals surface area contributed by atoms with Crippen LogP contribution in [0.5, 0.6) is 0 Å². The van der Waals surface area contributed by atoms with Crippen molar-refractivity contribution in [3.8, 4) is 11.3 Å². The molecule has 1 aliphatic rings. The maximum atomic E-state index is 13.0. The number of hydrogen-bond donors (Lipinski definition) is 1. The van der Waals surface area contributed by atoms with E-state index >= 15 is 0 Å². The first-order valence-corrected chi connectivity index (χ1v) is 7.82. The first-order valence-electron chi connectivity index (χ1n) is 7.82. The van der Waals surface area contributed by atoms with Crippen LogP contribution in [0, 0.1) is 5.82 Å². The second-order valence-corrected chi connectivity index (χ2v) is 5.82. The summed E-state index contributed by atoms with van der Waals surface area (Å²) in [5.74, 6) is 0.174. The molecule has 2 heterocycles. The summed E-state index contributed by atoms with van der Waals surface area (Å²) in [6.45, 7) is 2.93. The maximum Gasteiger partial charge on any atom is 0.123 e. The fraction of sp³-hybridized carbons (Fsp3) is 0.389. The van der Waals surface area contributed by atoms with Gasteiger partial charge in [-0.3, -0.25) is 4.98 Å². The van der Waals surface area contributed by atoms with Crippen molar-refractivity contribution < 1.29 is 9.50 Å². The molecule has 1 N–H and O–H groups in total. The van der Waals surface area contributed by atoms with E-state index < -0.39 is 0 Å². The Bertz CT molecular complexity index is 613. The van der Waals surface area contributed by atoms with Crippen LogP contribution < -0.4 is 0 Å². The van der Waals surface area contributed by atoms with Gasteiger partial charge in [0.15, 0.2) is 0 Å². The molecular weight excluding hydrogens is 279 g/mol. The van der Waals surface area contributed by atoms with Gasteiger partial charge in [-0.25, -0.2) is 4.39 Å². The van der Waals surface area contributed by atoms with Crippen LogP contribution in [0.15, 0.2) is 42.5 Å². The Hall–Kier alpha value is -1.78. The number of β-amino-alcohol motifs (C(OH)–C–C–N with tert-alkyl or cyclic N) is 1. The van der Waals surface area contributed by atoms with Crippen molar-refractivity contribution in [1.82, 2.24) is 9.88 Å². The van der Waals surface area contributed by atoms with Crippen LogP contribution >= 0.6 is 0 Å². The summed E-state index contributed by atoms with van der Waals surface area (Å²) in [5.41, 5.74) is 2.91. The molecule has 1 aromatic heterocycles. The van der Waals surface area contributed by atoms with Gasteiger partial charge in [-0.15, -0.1) is 0 Å². The van der Waals surface area contributed by atoms with Crippen molar-refractivity contribution in [2.24, 2.45) is 0 Å². The number of benzene rings is 1. The summed E-state index contributed by atoms with van der Waals surface area (Å²) >= 11 is 0. The predicted octanol–water partition coefficient (Wildman–Crippen LogP) is 3.06. The standard InChI is InChI=1S/C18H21FN2O/c19-16-8-6-14(7-9-16)17-4-1-5-18(20-17)15-3-2-10-21(13-15)11-12-22/h1,4-9,15,22H,2-3,10-13H2/t15-/m1/s1. The largest absolute Gasteiger partial charge is 0.395 e. The number of hydrogen-bond acceptors (Lipinski definition) is 3. The molecule has 1 aliphatic heterocycles. The van der Waals surface area contributed by atoms with Crippen molar-refractivity contribution in [1.29, 1.82) is 0 Å². The van der Waals surface area contributed by atoms with Gasteiger partial charge in [0.05, 0.1) is 12.3 Å². The highest BCUT2D eigenvalue weighted by molar-refractivity contribution is 5.59. The summed E-state index contributed by atoms with van der Waals surface area (Å²) in [6.07, 6.45) is 2.26. The third-order valence-corrected chi connectivity index (χ3v) is 4.25. The number of piperidine rings is 1. The second-order valence-electron chi connectivity index (χ2n) is 5.82. The van der Waals surface area contributed by atoms with E-state index in [1.165, 1.54) is 12.1 Å². The molecule has 116 valence electrons. The Balaban J connectivity index is 1.80. The third-order valence-electron chi connectivity index (χ3n) is 4.25. The Labute approximate surface area is 130 Å². The zero-order valence-electron chi connectivity index (χ0n) is 12.6. The highest BCUT2D eigenvalue weighted by Crippen LogP contribution is 2.27. The van der Waals surface area contributed by atoms with Gasteiger partial charge in [0.25, 0.3) is 0 Å². The minimum Gasteiger partial charge on any atom is -0.395 e. The van der Waals surface area contributed by atoms with Gasteiger partial charge < -0.3 is 10.0 Å². The Morgan fingerprint density at radius 3 is 2.77 bits per heavy atom. The molecule has 1 saturated heterocycles. The first-order chi connectivity index (χ1) is 10.8. The van der Waals surface area contributed by atoms with Gasteiger partial charge in [-0.2, -0.15) is 0 Å². The molecule has 0 amide bonds. The summed E-state index contributed by atoms with van der Waals surface area (Å²) < 4.78 is 13.0. The molecule has 1 fully saturated rings. The number of likely N-dealkylation sites (tertiary alicyclic amines) is 1. The molecule has 1 atom stereocenters. The molecule has 0 bridgehead atoms. The summed E-state index contributed by atoms with van der Waals surface area (Å²) in [4.78, 5) is 7.07. The van der Waals surface area contributed by atoms with E-state index in [9.17, 15) is 4.39 Å². The average Bonchev–Trinajstić information content (AvgIpc) is 2.56. The number of halogens is 1. The van der Waals surface area contributed by atoms with Crippen LogP contribution in [0.1, 0.15) is 24.5 Å². The van der Waals surface area contributed by atoms with Crippen LogP contribution in [0.3, 0.4) is 0 Å². The average molecular weight is 300 g/mol. The SMILES string of the molecule is OCCN1CCC[C@@H](c2cccc(-c3ccc(F)cc3)n2)C1. The highest BCUT2D eigenvalue weighted by atomic mass is 19.1. The summed E-state index contributed by atoms with van der Waals surface area (Å²) in [7, 11) is 0. The highest BCUT2D eigenvalue weighted by Gasteiger charge is 2.22. The van der Waals surface area contributed by atoms with Crippen LogP contribution in [0.25, 0.3) is 11.3 Å². The molecule has 3 nitrogen and oxygen atoms in total. The quantitative estimate of drug-likeness (QED) is 0.943. The van der Waals surface area contributed by atoms with Crippen molar-refractivity contribution in [2.75, 3.05) is 26.2 Å². The molecular formula is C18H21FN2O. The Kier molecular flexibility index (Phi) is 4.80. The van der Waals surface area contributed by atoms with E-state index in [0.29, 0.717) is 5.92 Å². The molecule has 22 heavy (non-hydrogen) atoms. The summed E-state index contributed by atoms with van der Waals surface area (Å²) in [6, 6.07) is 12.5. The normalized spacial score (nSPS) is 19.3. The molecule has 4 heteroatoms. The molecule has 0 aliphatic carbocycles. The second kappa shape index (κ2) is 6.99. The number of aliphatic hydroxyl groups is 1. The van der Waals surface area contributed by atoms with Crippen molar-refractivity contribution in [3.05, 3.63) is 54.0 Å². The fourth-order valence-electron chi connectivity index (χ4n) is 3.10. The molecule has 0 spiro atoms. The number of rotatable bonds is 4. The Morgan fingerprint density at radius 1 is 1.18 bits per heavy atom. The minimum atomic E-state index is -0.230. The zero-order chi connectivity index (χ0) is 15.4. The van der Waals surface area contributed by atoms with E-state index in [2.05, 4.69) is 11.0 Å². The topological polar surface area (TPSA) is 36.4 Å². The number of aromatic nitrogens is 1. The van der Waals surface area contributed by atoms with E-state index in [1.54, 1.807) is 12.1 Å². The van der Waals surface area contributed by atoms with Gasteiger partial charge in [-0.05, 0) is 55.8 Å². The lowest BCUT2D eigenvalue weighted by Gasteiger charge is -2.32. The van der Waals surface area contributed by atoms with Gasteiger partial charge in [0.2, 0.25) is 0 Å². The number of pyridine rings is 1. The van der Waals surface area contributed by atoms with Crippen LogP contribution in [-0.2, 0) is 0 Å². The van der Waals surface area contributed by atoms with Gasteiger partial charge in [-0.1, -0.05) is 6.07 Å². The van der Waals surface area contributed by atoms with Gasteiger partial charge in [0, 0.05) is 30.3 Å². The molecule has 0 unspecified atom stereocenters. The predicted molar refractivity (Wildman–Crippen MR) is 85.1 cm³/mol. The fourth-order valence-corrected chi connectivity index (χ4v) is 3.10. The molecule has 1 aromatic carbocycles. The zero-order valence-corrected chi connectivity index (χ0v) is 12.6. The Morgan fingerprint density at radius 2 is 2.00 bits per heavy atom. The lowest BCUT2D eigenvalue weighted by atomic mass is 9.94. The van der Waals surface area contributed by atoms with Gasteiger partial charge >= 0.3 is 0 Å². The molecule has 3 rings (SSSR count). The molecule has 0 saturated carbocycles. The maximum absolute atomic E-state index is 13.0. The van der Waals surface area contributed by atoms with Crippen molar-refractivity contribution in [3.63, 3.8) is 0 Å². The van der Waals surface area contributed by atoms with E-state index in [4.69, 9.17) is 10.1 Å². The van der Waals surface area contributed by atoms with Crippen LogP contribution in [-0.4, -0.2) is 41.2 Å². The van der Waals surface area contributed by atoms with Crippen molar-refractivity contribution in [2.45, 2.75) is 18.8 Å². The smallest absolute Gasteiger partial charge is 0.123 e. The monoisotopic (exact) mass is 300 g/mol. The van der Waals surface area contributed by atoms with Crippen LogP contribution in [0.4, 0.5) is 4.39 Å². The summed E-state index contributed by atoms with van der Waals surface area (Å²) in [5, 5.41) is 9.10. The van der Waals surface area contributed by atoms with Gasteiger partial charge in [0.1, 0.15) is 5.82 Å². The molecule has 2 aromatic rings. The number of aliphatic hydroxyl groups excluding tert-OH is 1. The van der Waals surface area contributed by atoms with E-state index in [-0.39, 0.29) is 12.4 Å². The number of nitrogens with zero attached hydrogens (tertiary/aromatic N) is 2. The first kappa shape index (κ1) is 15.1. The van der Waals surface area contributed by atoms with Crippen molar-refractivity contribution >= 4 is 0 Å². The lowest BCUT2D eigenvalue weighted by Crippen LogP contribution is -2.36. The van der Waals surface area contributed by atoms with E-state index in [1.807, 2.05) is 12.1 Å². The van der Waals surface area contributed by atoms with E-state index in [0.717, 1.165) is 49.4 Å². The van der Waals surface area contributed by atoms with Crippen LogP contribution in [0.2, 0.25) is 0 Å². The lowest BCUT2D eigenvalue weighted by molar-refractivity contribution is 0.160. The molecule has 0 radical (unpaired) electrons. The third kappa shape index (κ3) is 3.51.